The molecule has 2 aromatic rings. The van der Waals surface area contributed by atoms with E-state index in [0.29, 0.717) is 37.6 Å². The molecular formula is C21H28ClN5O5. The molecular weight excluding hydrogens is 438 g/mol. The number of aromatic amines is 1. The summed E-state index contributed by atoms with van der Waals surface area (Å²) in [6, 6.07) is 5.77. The Balaban J connectivity index is 0.00000363. The van der Waals surface area contributed by atoms with Crippen LogP contribution in [-0.2, 0) is 19.1 Å². The first kappa shape index (κ1) is 25.2. The number of carbonyl (C=O) groups is 4. The number of halogens is 1. The quantitative estimate of drug-likeness (QED) is 0.546. The molecule has 1 aromatic heterocycles. The van der Waals surface area contributed by atoms with Crippen molar-refractivity contribution < 1.29 is 23.9 Å². The molecule has 10 nitrogen and oxygen atoms in total. The van der Waals surface area contributed by atoms with E-state index in [2.05, 4.69) is 10.3 Å². The molecule has 3 amide bonds. The topological polar surface area (TPSA) is 138 Å². The molecule has 1 unspecified atom stereocenters. The first-order valence-corrected chi connectivity index (χ1v) is 10.2. The number of amides is 3. The summed E-state index contributed by atoms with van der Waals surface area (Å²) < 4.78 is 4.98. The van der Waals surface area contributed by atoms with Gasteiger partial charge >= 0.3 is 5.97 Å². The zero-order valence-electron chi connectivity index (χ0n) is 18.1. The van der Waals surface area contributed by atoms with Gasteiger partial charge in [-0.3, -0.25) is 14.4 Å². The van der Waals surface area contributed by atoms with Gasteiger partial charge < -0.3 is 30.6 Å². The van der Waals surface area contributed by atoms with Gasteiger partial charge in [0.05, 0.1) is 19.1 Å². The van der Waals surface area contributed by atoms with Crippen LogP contribution in [0.4, 0.5) is 5.69 Å². The maximum absolute atomic E-state index is 12.5. The van der Waals surface area contributed by atoms with Crippen molar-refractivity contribution in [3.63, 3.8) is 0 Å². The van der Waals surface area contributed by atoms with Gasteiger partial charge in [0, 0.05) is 49.7 Å². The van der Waals surface area contributed by atoms with Crippen molar-refractivity contribution in [1.29, 1.82) is 0 Å². The van der Waals surface area contributed by atoms with Gasteiger partial charge in [-0.05, 0) is 31.2 Å². The number of nitrogens with one attached hydrogen (secondary N) is 2. The van der Waals surface area contributed by atoms with Crippen LogP contribution < -0.4 is 11.1 Å². The first-order valence-electron chi connectivity index (χ1n) is 10.2. The average Bonchev–Trinajstić information content (AvgIpc) is 3.17. The molecule has 0 radical (unpaired) electrons. The zero-order chi connectivity index (χ0) is 22.5. The minimum absolute atomic E-state index is 0. The summed E-state index contributed by atoms with van der Waals surface area (Å²) in [7, 11) is 0. The highest BCUT2D eigenvalue weighted by molar-refractivity contribution is 6.00. The van der Waals surface area contributed by atoms with Crippen molar-refractivity contribution in [2.24, 2.45) is 5.73 Å². The monoisotopic (exact) mass is 465 g/mol. The number of anilines is 1. The highest BCUT2D eigenvalue weighted by Gasteiger charge is 2.25. The first-order chi connectivity index (χ1) is 14.8. The Kier molecular flexibility index (Phi) is 8.62. The highest BCUT2D eigenvalue weighted by atomic mass is 35.5. The van der Waals surface area contributed by atoms with Crippen LogP contribution in [0.15, 0.2) is 24.3 Å². The van der Waals surface area contributed by atoms with Gasteiger partial charge in [0.2, 0.25) is 17.7 Å². The van der Waals surface area contributed by atoms with E-state index in [1.54, 1.807) is 41.0 Å². The summed E-state index contributed by atoms with van der Waals surface area (Å²) >= 11 is 0. The van der Waals surface area contributed by atoms with Crippen molar-refractivity contribution in [2.75, 3.05) is 38.1 Å². The number of hydrogen-bond acceptors (Lipinski definition) is 6. The largest absolute Gasteiger partial charge is 0.461 e. The Morgan fingerprint density at radius 2 is 1.78 bits per heavy atom. The highest BCUT2D eigenvalue weighted by Crippen LogP contribution is 2.21. The number of esters is 1. The number of nitrogens with zero attached hydrogens (tertiary/aromatic N) is 2. The summed E-state index contributed by atoms with van der Waals surface area (Å²) in [4.78, 5) is 54.4. The van der Waals surface area contributed by atoms with Crippen LogP contribution in [0.2, 0.25) is 0 Å². The summed E-state index contributed by atoms with van der Waals surface area (Å²) in [5.74, 6) is -1.16. The van der Waals surface area contributed by atoms with Gasteiger partial charge in [0.15, 0.2) is 0 Å². The predicted octanol–water partition coefficient (Wildman–Crippen LogP) is 1.11. The lowest BCUT2D eigenvalue weighted by molar-refractivity contribution is -0.139. The van der Waals surface area contributed by atoms with E-state index in [-0.39, 0.29) is 37.2 Å². The molecule has 1 saturated heterocycles. The predicted molar refractivity (Wildman–Crippen MR) is 122 cm³/mol. The third-order valence-electron chi connectivity index (χ3n) is 5.19. The van der Waals surface area contributed by atoms with Crippen LogP contribution in [0.3, 0.4) is 0 Å². The van der Waals surface area contributed by atoms with Crippen LogP contribution in [0.1, 0.15) is 30.8 Å². The SMILES string of the molecule is CCOC(=O)c1cc2cc(NC(=O)C(N)CC(=O)N3CCN(C(C)=O)CC3)ccc2[nH]1.Cl. The molecule has 4 N–H and O–H groups in total. The van der Waals surface area contributed by atoms with Crippen LogP contribution in [0, 0.1) is 0 Å². The molecule has 3 rings (SSSR count). The van der Waals surface area contributed by atoms with Crippen molar-refractivity contribution in [2.45, 2.75) is 26.3 Å². The van der Waals surface area contributed by atoms with E-state index in [1.807, 2.05) is 0 Å². The average molecular weight is 466 g/mol. The van der Waals surface area contributed by atoms with Gasteiger partial charge in [-0.2, -0.15) is 0 Å². The standard InChI is InChI=1S/C21H27N5O5.ClH/c1-3-31-21(30)18-11-14-10-15(4-5-17(14)24-18)23-20(29)16(22)12-19(28)26-8-6-25(7-9-26)13(2)27;/h4-5,10-11,16,24H,3,6-9,12,22H2,1-2H3,(H,23,29);1H. The number of rotatable bonds is 6. The van der Waals surface area contributed by atoms with Gasteiger partial charge in [-0.1, -0.05) is 0 Å². The number of H-pyrrole nitrogens is 1. The number of piperazine rings is 1. The van der Waals surface area contributed by atoms with Crippen molar-refractivity contribution in [1.82, 2.24) is 14.8 Å². The summed E-state index contributed by atoms with van der Waals surface area (Å²) in [6.07, 6.45) is -0.120. The van der Waals surface area contributed by atoms with E-state index in [0.717, 1.165) is 10.9 Å². The van der Waals surface area contributed by atoms with Crippen molar-refractivity contribution in [3.05, 3.63) is 30.0 Å². The Labute approximate surface area is 191 Å². The lowest BCUT2D eigenvalue weighted by atomic mass is 10.1. The molecule has 0 bridgehead atoms. The fourth-order valence-corrected chi connectivity index (χ4v) is 3.44. The van der Waals surface area contributed by atoms with E-state index < -0.39 is 17.9 Å². The van der Waals surface area contributed by atoms with Crippen molar-refractivity contribution in [3.8, 4) is 0 Å². The number of nitrogens with two attached hydrogens (primary N) is 1. The molecule has 32 heavy (non-hydrogen) atoms. The number of hydrogen-bond donors (Lipinski definition) is 3. The van der Waals surface area contributed by atoms with Crippen LogP contribution in [0.5, 0.6) is 0 Å². The van der Waals surface area contributed by atoms with Crippen LogP contribution in [0.25, 0.3) is 10.9 Å². The summed E-state index contributed by atoms with van der Waals surface area (Å²) in [5.41, 5.74) is 7.50. The van der Waals surface area contributed by atoms with Gasteiger partial charge in [-0.25, -0.2) is 4.79 Å². The van der Waals surface area contributed by atoms with E-state index in [1.165, 1.54) is 6.92 Å². The second-order valence-corrected chi connectivity index (χ2v) is 7.39. The number of ether oxygens (including phenoxy) is 1. The zero-order valence-corrected chi connectivity index (χ0v) is 18.9. The fraction of sp³-hybridized carbons (Fsp3) is 0.429. The molecule has 0 saturated carbocycles. The lowest BCUT2D eigenvalue weighted by Gasteiger charge is -2.34. The number of carbonyl (C=O) groups excluding carboxylic acids is 4. The van der Waals surface area contributed by atoms with E-state index >= 15 is 0 Å². The summed E-state index contributed by atoms with van der Waals surface area (Å²) in [5, 5.41) is 3.44. The Bertz CT molecular complexity index is 1000. The Hall–Kier alpha value is -3.11. The Morgan fingerprint density at radius 3 is 2.41 bits per heavy atom. The minimum atomic E-state index is -1.00. The van der Waals surface area contributed by atoms with Gasteiger partial charge in [0.1, 0.15) is 5.69 Å². The van der Waals surface area contributed by atoms with Crippen molar-refractivity contribution >= 4 is 52.7 Å². The van der Waals surface area contributed by atoms with Crippen LogP contribution in [-0.4, -0.2) is 77.3 Å². The molecule has 1 aliphatic heterocycles. The molecule has 1 atom stereocenters. The third-order valence-corrected chi connectivity index (χ3v) is 5.19. The van der Waals surface area contributed by atoms with Gasteiger partial charge in [0.25, 0.3) is 0 Å². The molecule has 174 valence electrons. The molecule has 1 fully saturated rings. The molecule has 2 heterocycles. The third kappa shape index (κ3) is 5.98. The molecule has 1 aromatic carbocycles. The van der Waals surface area contributed by atoms with E-state index in [9.17, 15) is 19.2 Å². The normalized spacial score (nSPS) is 14.5. The lowest BCUT2D eigenvalue weighted by Crippen LogP contribution is -2.51. The Morgan fingerprint density at radius 1 is 1.12 bits per heavy atom. The van der Waals surface area contributed by atoms with Gasteiger partial charge in [-0.15, -0.1) is 12.4 Å². The number of aromatic nitrogens is 1. The summed E-state index contributed by atoms with van der Waals surface area (Å²) in [6.45, 7) is 5.33. The maximum Gasteiger partial charge on any atom is 0.354 e. The molecule has 0 aliphatic carbocycles. The van der Waals surface area contributed by atoms with Crippen LogP contribution >= 0.6 is 12.4 Å². The second-order valence-electron chi connectivity index (χ2n) is 7.39. The van der Waals surface area contributed by atoms with E-state index in [4.69, 9.17) is 10.5 Å². The smallest absolute Gasteiger partial charge is 0.354 e. The fourth-order valence-electron chi connectivity index (χ4n) is 3.44. The minimum Gasteiger partial charge on any atom is -0.461 e. The molecule has 11 heteroatoms. The number of benzene rings is 1. The second kappa shape index (κ2) is 11.0. The molecule has 1 aliphatic rings. The maximum atomic E-state index is 12.5. The number of fused-ring (bicyclic) bond motifs is 1. The molecule has 0 spiro atoms.